The normalized spacial score (nSPS) is 26.7. The molecule has 0 aromatic carbocycles. The zero-order valence-corrected chi connectivity index (χ0v) is 12.5. The molecule has 1 aliphatic carbocycles. The van der Waals surface area contributed by atoms with E-state index in [4.69, 9.17) is 0 Å². The molecule has 0 spiro atoms. The molecule has 2 rings (SSSR count). The van der Waals surface area contributed by atoms with E-state index in [0.29, 0.717) is 10.9 Å². The van der Waals surface area contributed by atoms with Crippen LogP contribution in [0, 0.1) is 5.41 Å². The van der Waals surface area contributed by atoms with E-state index >= 15 is 0 Å². The summed E-state index contributed by atoms with van der Waals surface area (Å²) in [7, 11) is -3.59. The van der Waals surface area contributed by atoms with Crippen molar-refractivity contribution in [2.75, 3.05) is 0 Å². The third kappa shape index (κ3) is 2.45. The van der Waals surface area contributed by atoms with Crippen LogP contribution in [0.5, 0.6) is 0 Å². The van der Waals surface area contributed by atoms with Crippen molar-refractivity contribution in [1.29, 1.82) is 0 Å². The van der Waals surface area contributed by atoms with Gasteiger partial charge in [0.25, 0.3) is 0 Å². The molecule has 1 aromatic rings. The van der Waals surface area contributed by atoms with Crippen LogP contribution in [0.15, 0.2) is 27.8 Å². The lowest BCUT2D eigenvalue weighted by Gasteiger charge is -2.49. The molecule has 18 heavy (non-hydrogen) atoms. The van der Waals surface area contributed by atoms with Gasteiger partial charge in [-0.3, -0.25) is 4.98 Å². The Morgan fingerprint density at radius 2 is 2.17 bits per heavy atom. The topological polar surface area (TPSA) is 79.3 Å². The maximum atomic E-state index is 12.1. The summed E-state index contributed by atoms with van der Waals surface area (Å²) in [5.74, 6) is 0. The predicted molar refractivity (Wildman–Crippen MR) is 70.5 cm³/mol. The van der Waals surface area contributed by atoms with Gasteiger partial charge in [0, 0.05) is 28.3 Å². The number of hydrogen-bond donors (Lipinski definition) is 2. The number of pyridine rings is 1. The van der Waals surface area contributed by atoms with Gasteiger partial charge in [-0.25, -0.2) is 13.1 Å². The number of halogens is 1. The van der Waals surface area contributed by atoms with E-state index in [0.717, 1.165) is 0 Å². The molecule has 1 aliphatic rings. The largest absolute Gasteiger partial charge is 0.392 e. The summed E-state index contributed by atoms with van der Waals surface area (Å²) in [6.45, 7) is 3.68. The molecular weight excluding hydrogens is 320 g/mol. The Morgan fingerprint density at radius 1 is 1.50 bits per heavy atom. The Hall–Kier alpha value is -0.500. The summed E-state index contributed by atoms with van der Waals surface area (Å²) in [6, 6.07) is 1.24. The van der Waals surface area contributed by atoms with Gasteiger partial charge in [0.05, 0.1) is 6.10 Å². The van der Waals surface area contributed by atoms with Crippen LogP contribution in [0.25, 0.3) is 0 Å². The number of nitrogens with zero attached hydrogens (tertiary/aromatic N) is 1. The van der Waals surface area contributed by atoms with E-state index in [1.54, 1.807) is 0 Å². The lowest BCUT2D eigenvalue weighted by molar-refractivity contribution is -0.0645. The zero-order valence-electron chi connectivity index (χ0n) is 10.1. The molecule has 2 unspecified atom stereocenters. The minimum atomic E-state index is -3.59. The molecule has 1 aromatic heterocycles. The number of sulfonamides is 1. The van der Waals surface area contributed by atoms with Gasteiger partial charge in [-0.2, -0.15) is 0 Å². The molecular formula is C11H15BrN2O3S. The molecule has 0 amide bonds. The summed E-state index contributed by atoms with van der Waals surface area (Å²) >= 11 is 3.19. The fourth-order valence-electron chi connectivity index (χ4n) is 1.90. The maximum absolute atomic E-state index is 12.1. The summed E-state index contributed by atoms with van der Waals surface area (Å²) in [4.78, 5) is 3.96. The van der Waals surface area contributed by atoms with E-state index in [2.05, 4.69) is 25.6 Å². The van der Waals surface area contributed by atoms with Gasteiger partial charge >= 0.3 is 0 Å². The summed E-state index contributed by atoms with van der Waals surface area (Å²) < 4.78 is 27.5. The highest BCUT2D eigenvalue weighted by atomic mass is 79.9. The van der Waals surface area contributed by atoms with Crippen molar-refractivity contribution in [3.63, 3.8) is 0 Å². The van der Waals surface area contributed by atoms with Gasteiger partial charge < -0.3 is 5.11 Å². The number of rotatable bonds is 3. The van der Waals surface area contributed by atoms with Crippen LogP contribution in [0.3, 0.4) is 0 Å². The van der Waals surface area contributed by atoms with Crippen LogP contribution in [-0.2, 0) is 10.0 Å². The fraction of sp³-hybridized carbons (Fsp3) is 0.545. The average Bonchev–Trinajstić information content (AvgIpc) is 2.28. The van der Waals surface area contributed by atoms with Crippen molar-refractivity contribution < 1.29 is 13.5 Å². The van der Waals surface area contributed by atoms with Crippen LogP contribution in [0.2, 0.25) is 0 Å². The molecule has 2 N–H and O–H groups in total. The Morgan fingerprint density at radius 3 is 2.67 bits per heavy atom. The first-order valence-corrected chi connectivity index (χ1v) is 7.82. The summed E-state index contributed by atoms with van der Waals surface area (Å²) in [5, 5.41) is 9.60. The third-order valence-electron chi connectivity index (χ3n) is 3.50. The second kappa shape index (κ2) is 4.56. The van der Waals surface area contributed by atoms with E-state index in [1.165, 1.54) is 18.5 Å². The first kappa shape index (κ1) is 13.9. The molecule has 0 bridgehead atoms. The molecule has 5 nitrogen and oxygen atoms in total. The summed E-state index contributed by atoms with van der Waals surface area (Å²) in [6.07, 6.45) is 2.80. The standard InChI is InChI=1S/C11H15BrN2O3S/c1-11(2)9(4-10(11)15)14-18(16,17)8-3-7(12)5-13-6-8/h3,5-6,9-10,14-15H,4H2,1-2H3. The Labute approximate surface area is 115 Å². The molecule has 0 radical (unpaired) electrons. The molecule has 0 aliphatic heterocycles. The van der Waals surface area contributed by atoms with Crippen LogP contribution in [0.4, 0.5) is 0 Å². The van der Waals surface area contributed by atoms with Crippen molar-refractivity contribution in [2.24, 2.45) is 5.41 Å². The van der Waals surface area contributed by atoms with Gasteiger partial charge in [-0.1, -0.05) is 13.8 Å². The average molecular weight is 335 g/mol. The molecule has 2 atom stereocenters. The van der Waals surface area contributed by atoms with Crippen molar-refractivity contribution in [3.05, 3.63) is 22.9 Å². The van der Waals surface area contributed by atoms with Crippen LogP contribution < -0.4 is 4.72 Å². The SMILES string of the molecule is CC1(C)C(O)CC1NS(=O)(=O)c1cncc(Br)c1. The minimum absolute atomic E-state index is 0.120. The summed E-state index contributed by atoms with van der Waals surface area (Å²) in [5.41, 5.74) is -0.438. The van der Waals surface area contributed by atoms with Crippen LogP contribution in [0.1, 0.15) is 20.3 Å². The van der Waals surface area contributed by atoms with Crippen molar-refractivity contribution in [1.82, 2.24) is 9.71 Å². The van der Waals surface area contributed by atoms with Crippen LogP contribution >= 0.6 is 15.9 Å². The first-order valence-electron chi connectivity index (χ1n) is 5.54. The number of hydrogen-bond acceptors (Lipinski definition) is 4. The fourth-order valence-corrected chi connectivity index (χ4v) is 3.81. The van der Waals surface area contributed by atoms with E-state index in [-0.39, 0.29) is 10.9 Å². The molecule has 100 valence electrons. The van der Waals surface area contributed by atoms with Gasteiger partial charge in [0.1, 0.15) is 4.90 Å². The molecule has 0 saturated heterocycles. The highest BCUT2D eigenvalue weighted by molar-refractivity contribution is 9.10. The lowest BCUT2D eigenvalue weighted by Crippen LogP contribution is -2.61. The molecule has 1 saturated carbocycles. The van der Waals surface area contributed by atoms with Crippen molar-refractivity contribution in [2.45, 2.75) is 37.3 Å². The number of aliphatic hydroxyl groups is 1. The Kier molecular flexibility index (Phi) is 3.52. The zero-order chi connectivity index (χ0) is 13.6. The maximum Gasteiger partial charge on any atom is 0.242 e. The second-order valence-electron chi connectivity index (χ2n) is 5.09. The quantitative estimate of drug-likeness (QED) is 0.872. The molecule has 1 heterocycles. The first-order chi connectivity index (χ1) is 8.23. The van der Waals surface area contributed by atoms with Gasteiger partial charge in [0.15, 0.2) is 0 Å². The Balaban J connectivity index is 2.19. The van der Waals surface area contributed by atoms with E-state index < -0.39 is 21.5 Å². The predicted octanol–water partition coefficient (Wildman–Crippen LogP) is 1.28. The van der Waals surface area contributed by atoms with Crippen molar-refractivity contribution in [3.8, 4) is 0 Å². The van der Waals surface area contributed by atoms with E-state index in [1.807, 2.05) is 13.8 Å². The Bertz CT molecular complexity index is 559. The highest BCUT2D eigenvalue weighted by Crippen LogP contribution is 2.41. The van der Waals surface area contributed by atoms with E-state index in [9.17, 15) is 13.5 Å². The number of nitrogens with one attached hydrogen (secondary N) is 1. The second-order valence-corrected chi connectivity index (χ2v) is 7.72. The minimum Gasteiger partial charge on any atom is -0.392 e. The monoisotopic (exact) mass is 334 g/mol. The lowest BCUT2D eigenvalue weighted by atomic mass is 9.65. The third-order valence-corrected chi connectivity index (χ3v) is 5.38. The number of aromatic nitrogens is 1. The molecule has 1 fully saturated rings. The van der Waals surface area contributed by atoms with Crippen molar-refractivity contribution >= 4 is 26.0 Å². The smallest absolute Gasteiger partial charge is 0.242 e. The highest BCUT2D eigenvalue weighted by Gasteiger charge is 2.48. The molecule has 7 heteroatoms. The van der Waals surface area contributed by atoms with Crippen LogP contribution in [-0.4, -0.2) is 30.7 Å². The van der Waals surface area contributed by atoms with Gasteiger partial charge in [0.2, 0.25) is 10.0 Å². The number of aliphatic hydroxyl groups excluding tert-OH is 1. The van der Waals surface area contributed by atoms with Gasteiger partial charge in [-0.05, 0) is 28.4 Å². The van der Waals surface area contributed by atoms with Gasteiger partial charge in [-0.15, -0.1) is 0 Å².